The van der Waals surface area contributed by atoms with E-state index >= 15 is 0 Å². The summed E-state index contributed by atoms with van der Waals surface area (Å²) in [6, 6.07) is 4.23. The van der Waals surface area contributed by atoms with Crippen LogP contribution in [0.1, 0.15) is 38.3 Å². The molecular formula is C19H29N3O3. The maximum absolute atomic E-state index is 5.72. The average molecular weight is 347 g/mol. The van der Waals surface area contributed by atoms with Gasteiger partial charge in [-0.1, -0.05) is 6.92 Å². The number of nitrogens with zero attached hydrogens (tertiary/aromatic N) is 2. The van der Waals surface area contributed by atoms with Gasteiger partial charge in [0.1, 0.15) is 0 Å². The molecule has 0 bridgehead atoms. The molecule has 0 spiro atoms. The van der Waals surface area contributed by atoms with Gasteiger partial charge in [0.2, 0.25) is 5.75 Å². The van der Waals surface area contributed by atoms with E-state index in [4.69, 9.17) is 14.2 Å². The van der Waals surface area contributed by atoms with Gasteiger partial charge in [-0.15, -0.1) is 0 Å². The molecule has 0 aromatic heterocycles. The van der Waals surface area contributed by atoms with E-state index in [1.54, 1.807) is 14.2 Å². The Labute approximate surface area is 150 Å². The number of nitrogens with one attached hydrogen (secondary N) is 1. The van der Waals surface area contributed by atoms with Gasteiger partial charge in [0, 0.05) is 31.1 Å². The third-order valence-electron chi connectivity index (χ3n) is 4.99. The molecule has 0 aliphatic carbocycles. The van der Waals surface area contributed by atoms with Gasteiger partial charge in [-0.3, -0.25) is 0 Å². The molecule has 3 rings (SSSR count). The molecule has 6 heteroatoms. The number of hydrazone groups is 1. The number of ether oxygens (including phenoxy) is 3. The fourth-order valence-electron chi connectivity index (χ4n) is 3.80. The summed E-state index contributed by atoms with van der Waals surface area (Å²) in [7, 11) is 3.32. The summed E-state index contributed by atoms with van der Waals surface area (Å²) in [4.78, 5) is 2.53. The van der Waals surface area contributed by atoms with Gasteiger partial charge >= 0.3 is 0 Å². The van der Waals surface area contributed by atoms with Crippen molar-refractivity contribution in [1.82, 2.24) is 10.3 Å². The lowest BCUT2D eigenvalue weighted by molar-refractivity contribution is 0.227. The van der Waals surface area contributed by atoms with Crippen molar-refractivity contribution in [2.75, 3.05) is 40.5 Å². The normalized spacial score (nSPS) is 22.8. The summed E-state index contributed by atoms with van der Waals surface area (Å²) < 4.78 is 16.8. The Kier molecular flexibility index (Phi) is 5.68. The van der Waals surface area contributed by atoms with Gasteiger partial charge in [0.05, 0.1) is 26.9 Å². The molecular weight excluding hydrogens is 318 g/mol. The third-order valence-corrected chi connectivity index (χ3v) is 4.99. The van der Waals surface area contributed by atoms with Crippen LogP contribution in [-0.4, -0.2) is 51.1 Å². The topological polar surface area (TPSA) is 55.3 Å². The average Bonchev–Trinajstić information content (AvgIpc) is 3.05. The highest BCUT2D eigenvalue weighted by molar-refractivity contribution is 5.90. The lowest BCUT2D eigenvalue weighted by Gasteiger charge is -2.33. The number of methoxy groups -OCH3 is 2. The first kappa shape index (κ1) is 17.9. The first-order valence-electron chi connectivity index (χ1n) is 9.14. The molecule has 1 aromatic rings. The van der Waals surface area contributed by atoms with Gasteiger partial charge in [-0.05, 0) is 37.6 Å². The predicted molar refractivity (Wildman–Crippen MR) is 98.9 cm³/mol. The van der Waals surface area contributed by atoms with Crippen LogP contribution in [0.2, 0.25) is 0 Å². The second kappa shape index (κ2) is 7.95. The summed E-state index contributed by atoms with van der Waals surface area (Å²) in [5.74, 6) is 2.46. The Morgan fingerprint density at radius 3 is 2.52 bits per heavy atom. The van der Waals surface area contributed by atoms with Crippen molar-refractivity contribution >= 4 is 5.71 Å². The quantitative estimate of drug-likeness (QED) is 0.822. The van der Waals surface area contributed by atoms with E-state index in [0.717, 1.165) is 31.6 Å². The van der Waals surface area contributed by atoms with Crippen molar-refractivity contribution in [2.24, 2.45) is 11.0 Å². The molecule has 138 valence electrons. The van der Waals surface area contributed by atoms with Gasteiger partial charge < -0.3 is 24.5 Å². The van der Waals surface area contributed by atoms with Crippen LogP contribution in [0.3, 0.4) is 0 Å². The zero-order valence-corrected chi connectivity index (χ0v) is 15.7. The van der Waals surface area contributed by atoms with Crippen LogP contribution in [-0.2, 0) is 0 Å². The lowest BCUT2D eigenvalue weighted by atomic mass is 9.86. The molecule has 25 heavy (non-hydrogen) atoms. The monoisotopic (exact) mass is 347 g/mol. The van der Waals surface area contributed by atoms with E-state index in [2.05, 4.69) is 22.4 Å². The highest BCUT2D eigenvalue weighted by Crippen LogP contribution is 2.42. The molecule has 1 N–H and O–H groups in total. The molecule has 2 heterocycles. The Hall–Kier alpha value is -1.95. The minimum atomic E-state index is 0.146. The summed E-state index contributed by atoms with van der Waals surface area (Å²) in [5, 5.41) is 4.61. The molecule has 2 unspecified atom stereocenters. The van der Waals surface area contributed by atoms with Crippen molar-refractivity contribution in [1.29, 1.82) is 0 Å². The van der Waals surface area contributed by atoms with E-state index < -0.39 is 0 Å². The van der Waals surface area contributed by atoms with Crippen molar-refractivity contribution in [2.45, 2.75) is 32.7 Å². The smallest absolute Gasteiger partial charge is 0.203 e. The van der Waals surface area contributed by atoms with Gasteiger partial charge in [-0.2, -0.15) is 5.10 Å². The number of fused-ring (bicyclic) bond motifs is 1. The van der Waals surface area contributed by atoms with Crippen LogP contribution < -0.4 is 19.6 Å². The van der Waals surface area contributed by atoms with Crippen LogP contribution in [0.25, 0.3) is 0 Å². The first-order valence-corrected chi connectivity index (χ1v) is 9.14. The number of rotatable bonds is 7. The highest BCUT2D eigenvalue weighted by atomic mass is 16.5. The number of hydrogen-bond acceptors (Lipinski definition) is 6. The number of piperidine rings is 1. The van der Waals surface area contributed by atoms with E-state index in [0.29, 0.717) is 29.8 Å². The Balaban J connectivity index is 1.88. The fourth-order valence-corrected chi connectivity index (χ4v) is 3.80. The van der Waals surface area contributed by atoms with Crippen molar-refractivity contribution in [3.05, 3.63) is 17.7 Å². The van der Waals surface area contributed by atoms with Gasteiger partial charge in [-0.25, -0.2) is 0 Å². The molecule has 1 aromatic carbocycles. The summed E-state index contributed by atoms with van der Waals surface area (Å²) in [6.07, 6.45) is 2.22. The largest absolute Gasteiger partial charge is 0.493 e. The second-order valence-corrected chi connectivity index (χ2v) is 6.55. The molecule has 2 aliphatic heterocycles. The minimum absolute atomic E-state index is 0.146. The fraction of sp³-hybridized carbons (Fsp3) is 0.632. The molecule has 1 fully saturated rings. The molecule has 2 aliphatic rings. The number of hydrogen-bond donors (Lipinski definition) is 1. The summed E-state index contributed by atoms with van der Waals surface area (Å²) >= 11 is 0. The molecule has 1 saturated heterocycles. The minimum Gasteiger partial charge on any atom is -0.493 e. The standard InChI is InChI=1S/C19H29N3O3/c1-5-8-22-9-7-15-14(12-22)18(21-20-15)13-10-16(23-3)19(25-6-2)17(11-13)24-4/h10-11,14,18,21H,5-9,12H2,1-4H3. The van der Waals surface area contributed by atoms with E-state index in [1.165, 1.54) is 12.1 Å². The van der Waals surface area contributed by atoms with Gasteiger partial charge in [0.25, 0.3) is 0 Å². The van der Waals surface area contributed by atoms with Crippen LogP contribution >= 0.6 is 0 Å². The first-order chi connectivity index (χ1) is 12.2. The Bertz CT molecular complexity index is 607. The predicted octanol–water partition coefficient (Wildman–Crippen LogP) is 2.83. The third kappa shape index (κ3) is 3.54. The second-order valence-electron chi connectivity index (χ2n) is 6.55. The highest BCUT2D eigenvalue weighted by Gasteiger charge is 2.37. The number of benzene rings is 1. The van der Waals surface area contributed by atoms with Crippen molar-refractivity contribution < 1.29 is 14.2 Å². The maximum atomic E-state index is 5.72. The zero-order valence-electron chi connectivity index (χ0n) is 15.7. The van der Waals surface area contributed by atoms with Crippen LogP contribution in [0, 0.1) is 5.92 Å². The lowest BCUT2D eigenvalue weighted by Crippen LogP contribution is -2.42. The van der Waals surface area contributed by atoms with Crippen LogP contribution in [0.4, 0.5) is 0 Å². The molecule has 0 radical (unpaired) electrons. The van der Waals surface area contributed by atoms with Gasteiger partial charge in [0.15, 0.2) is 11.5 Å². The Morgan fingerprint density at radius 1 is 1.20 bits per heavy atom. The summed E-state index contributed by atoms with van der Waals surface area (Å²) in [6.45, 7) is 8.05. The molecule has 0 amide bonds. The van der Waals surface area contributed by atoms with Crippen molar-refractivity contribution in [3.63, 3.8) is 0 Å². The number of likely N-dealkylation sites (tertiary alicyclic amines) is 1. The zero-order chi connectivity index (χ0) is 17.8. The molecule has 0 saturated carbocycles. The van der Waals surface area contributed by atoms with E-state index in [1.807, 2.05) is 19.1 Å². The molecule has 6 nitrogen and oxygen atoms in total. The van der Waals surface area contributed by atoms with Crippen LogP contribution in [0.15, 0.2) is 17.2 Å². The SMILES string of the molecule is CCCN1CCC2=NNC(c3cc(OC)c(OCC)c(OC)c3)C2C1. The van der Waals surface area contributed by atoms with Crippen LogP contribution in [0.5, 0.6) is 17.2 Å². The summed E-state index contributed by atoms with van der Waals surface area (Å²) in [5.41, 5.74) is 5.75. The maximum Gasteiger partial charge on any atom is 0.203 e. The molecule has 2 atom stereocenters. The van der Waals surface area contributed by atoms with E-state index in [-0.39, 0.29) is 6.04 Å². The van der Waals surface area contributed by atoms with Crippen molar-refractivity contribution in [3.8, 4) is 17.2 Å². The Morgan fingerprint density at radius 2 is 1.92 bits per heavy atom. The van der Waals surface area contributed by atoms with E-state index in [9.17, 15) is 0 Å².